The summed E-state index contributed by atoms with van der Waals surface area (Å²) in [5.74, 6) is -0.735. The van der Waals surface area contributed by atoms with Crippen LogP contribution in [0.3, 0.4) is 0 Å². The maximum absolute atomic E-state index is 13.2. The molecule has 2 aromatic carbocycles. The van der Waals surface area contributed by atoms with Gasteiger partial charge < -0.3 is 14.5 Å². The second-order valence-electron chi connectivity index (χ2n) is 6.60. The number of nitrogens with zero attached hydrogens (tertiary/aromatic N) is 2. The van der Waals surface area contributed by atoms with E-state index >= 15 is 0 Å². The Morgan fingerprint density at radius 3 is 2.69 bits per heavy atom. The van der Waals surface area contributed by atoms with Crippen LogP contribution in [0.15, 0.2) is 42.5 Å². The summed E-state index contributed by atoms with van der Waals surface area (Å²) in [7, 11) is 1.33. The average Bonchev–Trinajstić information content (AvgIpc) is 3.15. The molecule has 0 saturated carbocycles. The van der Waals surface area contributed by atoms with Gasteiger partial charge in [-0.05, 0) is 48.7 Å². The van der Waals surface area contributed by atoms with Gasteiger partial charge in [-0.1, -0.05) is 12.1 Å². The largest absolute Gasteiger partial charge is 0.465 e. The van der Waals surface area contributed by atoms with Crippen molar-refractivity contribution in [1.29, 1.82) is 0 Å². The number of benzene rings is 2. The molecule has 1 saturated heterocycles. The minimum atomic E-state index is -0.439. The molecular weight excluding hydrogens is 335 g/mol. The molecule has 0 N–H and O–H groups in total. The highest BCUT2D eigenvalue weighted by Gasteiger charge is 2.41. The molecule has 0 radical (unpaired) electrons. The Hall–Kier alpha value is -2.89. The van der Waals surface area contributed by atoms with Crippen molar-refractivity contribution >= 4 is 23.3 Å². The second kappa shape index (κ2) is 6.44. The molecule has 26 heavy (non-hydrogen) atoms. The van der Waals surface area contributed by atoms with Crippen molar-refractivity contribution in [2.75, 3.05) is 23.5 Å². The molecule has 0 bridgehead atoms. The molecule has 1 amide bonds. The van der Waals surface area contributed by atoms with E-state index in [9.17, 15) is 14.0 Å². The van der Waals surface area contributed by atoms with Crippen molar-refractivity contribution in [1.82, 2.24) is 0 Å². The summed E-state index contributed by atoms with van der Waals surface area (Å²) in [5.41, 5.74) is 2.88. The third-order valence-electron chi connectivity index (χ3n) is 5.05. The van der Waals surface area contributed by atoms with Crippen LogP contribution in [-0.2, 0) is 16.1 Å². The van der Waals surface area contributed by atoms with E-state index in [1.807, 2.05) is 6.07 Å². The standard InChI is InChI=1S/C20H19FN2O3/c1-26-20(25)14-6-9-16-18(11-14)23(12-13-4-7-15(21)8-5-13)19(24)17-3-2-10-22(16)17/h4-9,11,17H,2-3,10,12H2,1H3. The lowest BCUT2D eigenvalue weighted by Gasteiger charge is -2.39. The summed E-state index contributed by atoms with van der Waals surface area (Å²) in [4.78, 5) is 28.8. The number of ether oxygens (including phenoxy) is 1. The Balaban J connectivity index is 1.77. The number of halogens is 1. The molecule has 0 spiro atoms. The monoisotopic (exact) mass is 354 g/mol. The van der Waals surface area contributed by atoms with E-state index in [0.29, 0.717) is 17.8 Å². The van der Waals surface area contributed by atoms with Gasteiger partial charge in [0.25, 0.3) is 0 Å². The van der Waals surface area contributed by atoms with Gasteiger partial charge in [0.15, 0.2) is 0 Å². The first kappa shape index (κ1) is 16.6. The minimum Gasteiger partial charge on any atom is -0.465 e. The van der Waals surface area contributed by atoms with Crippen LogP contribution in [0, 0.1) is 5.82 Å². The zero-order valence-corrected chi connectivity index (χ0v) is 14.4. The molecule has 2 aromatic rings. The molecule has 2 aliphatic rings. The summed E-state index contributed by atoms with van der Waals surface area (Å²) in [6, 6.07) is 11.3. The van der Waals surface area contributed by atoms with Crippen LogP contribution in [0.5, 0.6) is 0 Å². The van der Waals surface area contributed by atoms with Crippen LogP contribution in [0.25, 0.3) is 0 Å². The van der Waals surface area contributed by atoms with Crippen LogP contribution in [0.1, 0.15) is 28.8 Å². The number of fused-ring (bicyclic) bond motifs is 3. The number of methoxy groups -OCH3 is 1. The highest BCUT2D eigenvalue weighted by Crippen LogP contribution is 2.41. The van der Waals surface area contributed by atoms with E-state index in [-0.39, 0.29) is 17.8 Å². The number of rotatable bonds is 3. The molecule has 134 valence electrons. The summed E-state index contributed by atoms with van der Waals surface area (Å²) in [6.07, 6.45) is 1.77. The Bertz CT molecular complexity index is 866. The van der Waals surface area contributed by atoms with Gasteiger partial charge >= 0.3 is 5.97 Å². The molecular formula is C20H19FN2O3. The lowest BCUT2D eigenvalue weighted by atomic mass is 10.0. The van der Waals surface area contributed by atoms with Crippen LogP contribution in [-0.4, -0.2) is 31.6 Å². The zero-order chi connectivity index (χ0) is 18.3. The molecule has 1 atom stereocenters. The molecule has 1 unspecified atom stereocenters. The molecule has 5 nitrogen and oxygen atoms in total. The predicted octanol–water partition coefficient (Wildman–Crippen LogP) is 3.13. The van der Waals surface area contributed by atoms with Crippen molar-refractivity contribution < 1.29 is 18.7 Å². The first-order chi connectivity index (χ1) is 12.6. The van der Waals surface area contributed by atoms with Gasteiger partial charge in [-0.15, -0.1) is 0 Å². The van der Waals surface area contributed by atoms with Gasteiger partial charge in [0, 0.05) is 6.54 Å². The second-order valence-corrected chi connectivity index (χ2v) is 6.60. The predicted molar refractivity (Wildman–Crippen MR) is 95.7 cm³/mol. The molecule has 0 aromatic heterocycles. The van der Waals surface area contributed by atoms with E-state index in [4.69, 9.17) is 4.74 Å². The van der Waals surface area contributed by atoms with E-state index in [2.05, 4.69) is 4.90 Å². The Morgan fingerprint density at radius 1 is 1.19 bits per heavy atom. The molecule has 2 heterocycles. The van der Waals surface area contributed by atoms with Crippen LogP contribution < -0.4 is 9.80 Å². The fraction of sp³-hybridized carbons (Fsp3) is 0.300. The molecule has 2 aliphatic heterocycles. The van der Waals surface area contributed by atoms with E-state index in [1.54, 1.807) is 29.2 Å². The number of esters is 1. The van der Waals surface area contributed by atoms with Gasteiger partial charge in [-0.3, -0.25) is 4.79 Å². The van der Waals surface area contributed by atoms with Gasteiger partial charge in [-0.25, -0.2) is 9.18 Å². The SMILES string of the molecule is COC(=O)c1ccc2c(c1)N(Cc1ccc(F)cc1)C(=O)C1CCCN21. The van der Waals surface area contributed by atoms with E-state index in [1.165, 1.54) is 19.2 Å². The topological polar surface area (TPSA) is 49.9 Å². The van der Waals surface area contributed by atoms with Crippen molar-refractivity contribution in [3.8, 4) is 0 Å². The maximum Gasteiger partial charge on any atom is 0.337 e. The third-order valence-corrected chi connectivity index (χ3v) is 5.05. The van der Waals surface area contributed by atoms with Crippen molar-refractivity contribution in [3.05, 3.63) is 59.4 Å². The zero-order valence-electron chi connectivity index (χ0n) is 14.4. The van der Waals surface area contributed by atoms with E-state index in [0.717, 1.165) is 30.6 Å². The first-order valence-corrected chi connectivity index (χ1v) is 8.63. The smallest absolute Gasteiger partial charge is 0.337 e. The van der Waals surface area contributed by atoms with Crippen LogP contribution in [0.4, 0.5) is 15.8 Å². The maximum atomic E-state index is 13.2. The lowest BCUT2D eigenvalue weighted by molar-refractivity contribution is -0.120. The summed E-state index contributed by atoms with van der Waals surface area (Å²) < 4.78 is 18.0. The normalized spacial score (nSPS) is 18.5. The van der Waals surface area contributed by atoms with Crippen LogP contribution in [0.2, 0.25) is 0 Å². The summed E-state index contributed by atoms with van der Waals surface area (Å²) in [6.45, 7) is 1.16. The van der Waals surface area contributed by atoms with Crippen LogP contribution >= 0.6 is 0 Å². The molecule has 6 heteroatoms. The number of anilines is 2. The molecule has 1 fully saturated rings. The highest BCUT2D eigenvalue weighted by atomic mass is 19.1. The highest BCUT2D eigenvalue weighted by molar-refractivity contribution is 6.07. The fourth-order valence-corrected chi connectivity index (χ4v) is 3.77. The van der Waals surface area contributed by atoms with Gasteiger partial charge in [-0.2, -0.15) is 0 Å². The fourth-order valence-electron chi connectivity index (χ4n) is 3.77. The Labute approximate surface area is 151 Å². The van der Waals surface area contributed by atoms with Gasteiger partial charge in [0.1, 0.15) is 11.9 Å². The lowest BCUT2D eigenvalue weighted by Crippen LogP contribution is -2.50. The van der Waals surface area contributed by atoms with Crippen molar-refractivity contribution in [2.45, 2.75) is 25.4 Å². The van der Waals surface area contributed by atoms with E-state index < -0.39 is 5.97 Å². The summed E-state index contributed by atoms with van der Waals surface area (Å²) in [5, 5.41) is 0. The number of carbonyl (C=O) groups is 2. The van der Waals surface area contributed by atoms with Crippen molar-refractivity contribution in [3.63, 3.8) is 0 Å². The Morgan fingerprint density at radius 2 is 1.96 bits per heavy atom. The van der Waals surface area contributed by atoms with Gasteiger partial charge in [0.05, 0.1) is 30.6 Å². The average molecular weight is 354 g/mol. The number of hydrogen-bond donors (Lipinski definition) is 0. The third kappa shape index (κ3) is 2.71. The minimum absolute atomic E-state index is 0.0151. The molecule has 0 aliphatic carbocycles. The number of hydrogen-bond acceptors (Lipinski definition) is 4. The number of carbonyl (C=O) groups excluding carboxylic acids is 2. The summed E-state index contributed by atoms with van der Waals surface area (Å²) >= 11 is 0. The first-order valence-electron chi connectivity index (χ1n) is 8.63. The Kier molecular flexibility index (Phi) is 4.11. The molecule has 4 rings (SSSR count). The quantitative estimate of drug-likeness (QED) is 0.795. The number of amides is 1. The van der Waals surface area contributed by atoms with Gasteiger partial charge in [0.2, 0.25) is 5.91 Å². The van der Waals surface area contributed by atoms with Crippen molar-refractivity contribution in [2.24, 2.45) is 0 Å².